The highest BCUT2D eigenvalue weighted by Gasteiger charge is 2.05. The second-order valence-electron chi connectivity index (χ2n) is 4.80. The van der Waals surface area contributed by atoms with Crippen LogP contribution in [0.15, 0.2) is 30.6 Å². The van der Waals surface area contributed by atoms with Gasteiger partial charge in [-0.25, -0.2) is 4.98 Å². The Kier molecular flexibility index (Phi) is 5.63. The van der Waals surface area contributed by atoms with Gasteiger partial charge in [-0.1, -0.05) is 6.07 Å². The number of nitrogens with one attached hydrogen (secondary N) is 1. The average Bonchev–Trinajstić information content (AvgIpc) is 2.90. The lowest BCUT2D eigenvalue weighted by molar-refractivity contribution is 0.310. The Morgan fingerprint density at radius 2 is 2.14 bits per heavy atom. The second kappa shape index (κ2) is 7.69. The summed E-state index contributed by atoms with van der Waals surface area (Å²) in [5.74, 6) is 2.66. The maximum atomic E-state index is 5.58. The molecule has 0 amide bonds. The Bertz CT molecular complexity index is 566. The van der Waals surface area contributed by atoms with Crippen LogP contribution in [-0.4, -0.2) is 29.8 Å². The van der Waals surface area contributed by atoms with Gasteiger partial charge in [0.2, 0.25) is 0 Å². The van der Waals surface area contributed by atoms with Crippen molar-refractivity contribution >= 4 is 0 Å². The zero-order valence-electron chi connectivity index (χ0n) is 12.9. The molecule has 5 nitrogen and oxygen atoms in total. The zero-order valence-corrected chi connectivity index (χ0v) is 12.9. The van der Waals surface area contributed by atoms with Crippen LogP contribution in [0.3, 0.4) is 0 Å². The number of rotatable bonds is 8. The third kappa shape index (κ3) is 4.23. The highest BCUT2D eigenvalue weighted by molar-refractivity contribution is 5.42. The van der Waals surface area contributed by atoms with Crippen molar-refractivity contribution in [2.24, 2.45) is 7.05 Å². The van der Waals surface area contributed by atoms with Gasteiger partial charge in [0.15, 0.2) is 11.5 Å². The molecule has 0 atom stereocenters. The fourth-order valence-electron chi connectivity index (χ4n) is 2.17. The Hall–Kier alpha value is -2.01. The van der Waals surface area contributed by atoms with E-state index in [-0.39, 0.29) is 0 Å². The van der Waals surface area contributed by atoms with Crippen molar-refractivity contribution in [3.63, 3.8) is 0 Å². The molecule has 0 spiro atoms. The molecular formula is C16H23N3O2. The predicted octanol–water partition coefficient (Wildman–Crippen LogP) is 2.16. The molecule has 0 radical (unpaired) electrons. The molecule has 0 aliphatic heterocycles. The number of hydrogen-bond donors (Lipinski definition) is 1. The van der Waals surface area contributed by atoms with E-state index < -0.39 is 0 Å². The summed E-state index contributed by atoms with van der Waals surface area (Å²) < 4.78 is 12.9. The number of aromatic nitrogens is 2. The Labute approximate surface area is 125 Å². The van der Waals surface area contributed by atoms with Crippen molar-refractivity contribution in [3.8, 4) is 11.5 Å². The van der Waals surface area contributed by atoms with E-state index in [2.05, 4.69) is 16.4 Å². The van der Waals surface area contributed by atoms with Crippen LogP contribution < -0.4 is 14.8 Å². The molecule has 114 valence electrons. The number of aryl methyl sites for hydroxylation is 1. The van der Waals surface area contributed by atoms with Crippen molar-refractivity contribution in [1.29, 1.82) is 0 Å². The SMILES string of the molecule is CCOc1cc(CNCCc2nccn2C)ccc1OC. The minimum atomic E-state index is 0.631. The Balaban J connectivity index is 1.85. The fourth-order valence-corrected chi connectivity index (χ4v) is 2.17. The van der Waals surface area contributed by atoms with Gasteiger partial charge >= 0.3 is 0 Å². The lowest BCUT2D eigenvalue weighted by Gasteiger charge is -2.11. The molecule has 2 aromatic rings. The number of nitrogens with zero attached hydrogens (tertiary/aromatic N) is 2. The van der Waals surface area contributed by atoms with E-state index in [0.29, 0.717) is 6.61 Å². The molecule has 0 bridgehead atoms. The molecule has 0 aliphatic rings. The summed E-state index contributed by atoms with van der Waals surface area (Å²) in [4.78, 5) is 4.31. The van der Waals surface area contributed by atoms with Gasteiger partial charge in [-0.2, -0.15) is 0 Å². The topological polar surface area (TPSA) is 48.3 Å². The Morgan fingerprint density at radius 1 is 1.29 bits per heavy atom. The van der Waals surface area contributed by atoms with Crippen LogP contribution in [0, 0.1) is 0 Å². The molecule has 0 saturated carbocycles. The van der Waals surface area contributed by atoms with E-state index in [0.717, 1.165) is 36.8 Å². The van der Waals surface area contributed by atoms with E-state index in [1.165, 1.54) is 5.56 Å². The fraction of sp³-hybridized carbons (Fsp3) is 0.438. The summed E-state index contributed by atoms with van der Waals surface area (Å²) in [6.07, 6.45) is 4.71. The monoisotopic (exact) mass is 289 g/mol. The Morgan fingerprint density at radius 3 is 2.81 bits per heavy atom. The predicted molar refractivity (Wildman–Crippen MR) is 82.8 cm³/mol. The quantitative estimate of drug-likeness (QED) is 0.757. The first-order chi connectivity index (χ1) is 10.2. The molecule has 0 saturated heterocycles. The molecule has 0 unspecified atom stereocenters. The maximum absolute atomic E-state index is 5.58. The average molecular weight is 289 g/mol. The van der Waals surface area contributed by atoms with Crippen molar-refractivity contribution in [1.82, 2.24) is 14.9 Å². The van der Waals surface area contributed by atoms with Crippen LogP contribution >= 0.6 is 0 Å². The van der Waals surface area contributed by atoms with Crippen molar-refractivity contribution < 1.29 is 9.47 Å². The van der Waals surface area contributed by atoms with Crippen LogP contribution in [0.4, 0.5) is 0 Å². The lowest BCUT2D eigenvalue weighted by atomic mass is 10.2. The molecular weight excluding hydrogens is 266 g/mol. The van der Waals surface area contributed by atoms with Crippen molar-refractivity contribution in [2.45, 2.75) is 19.9 Å². The van der Waals surface area contributed by atoms with Gasteiger partial charge in [0.1, 0.15) is 5.82 Å². The molecule has 0 fully saturated rings. The normalized spacial score (nSPS) is 10.6. The van der Waals surface area contributed by atoms with Crippen LogP contribution in [0.5, 0.6) is 11.5 Å². The van der Waals surface area contributed by atoms with Gasteiger partial charge < -0.3 is 19.4 Å². The number of ether oxygens (including phenoxy) is 2. The van der Waals surface area contributed by atoms with E-state index >= 15 is 0 Å². The molecule has 0 aliphatic carbocycles. The third-order valence-electron chi connectivity index (χ3n) is 3.30. The van der Waals surface area contributed by atoms with Crippen LogP contribution in [0.2, 0.25) is 0 Å². The van der Waals surface area contributed by atoms with Crippen LogP contribution in [-0.2, 0) is 20.0 Å². The first-order valence-electron chi connectivity index (χ1n) is 7.21. The largest absolute Gasteiger partial charge is 0.493 e. The first-order valence-corrected chi connectivity index (χ1v) is 7.21. The maximum Gasteiger partial charge on any atom is 0.161 e. The zero-order chi connectivity index (χ0) is 15.1. The van der Waals surface area contributed by atoms with Crippen molar-refractivity contribution in [3.05, 3.63) is 42.0 Å². The summed E-state index contributed by atoms with van der Waals surface area (Å²) in [6.45, 7) is 4.29. The number of imidazole rings is 1. The summed E-state index contributed by atoms with van der Waals surface area (Å²) in [5.41, 5.74) is 1.18. The van der Waals surface area contributed by atoms with Gasteiger partial charge in [-0.3, -0.25) is 0 Å². The first kappa shape index (κ1) is 15.4. The summed E-state index contributed by atoms with van der Waals surface area (Å²) in [5, 5.41) is 3.42. The van der Waals surface area contributed by atoms with E-state index in [1.54, 1.807) is 7.11 Å². The van der Waals surface area contributed by atoms with Crippen molar-refractivity contribution in [2.75, 3.05) is 20.3 Å². The van der Waals surface area contributed by atoms with Gasteiger partial charge in [0, 0.05) is 39.0 Å². The van der Waals surface area contributed by atoms with Crippen LogP contribution in [0.1, 0.15) is 18.3 Å². The second-order valence-corrected chi connectivity index (χ2v) is 4.80. The number of hydrogen-bond acceptors (Lipinski definition) is 4. The van der Waals surface area contributed by atoms with Gasteiger partial charge in [0.05, 0.1) is 13.7 Å². The van der Waals surface area contributed by atoms with Crippen LogP contribution in [0.25, 0.3) is 0 Å². The third-order valence-corrected chi connectivity index (χ3v) is 3.30. The highest BCUT2D eigenvalue weighted by Crippen LogP contribution is 2.27. The number of methoxy groups -OCH3 is 1. The minimum Gasteiger partial charge on any atom is -0.493 e. The molecule has 1 aromatic carbocycles. The molecule has 5 heteroatoms. The summed E-state index contributed by atoms with van der Waals surface area (Å²) >= 11 is 0. The molecule has 1 aromatic heterocycles. The molecule has 1 heterocycles. The van der Waals surface area contributed by atoms with Gasteiger partial charge in [-0.05, 0) is 24.6 Å². The summed E-state index contributed by atoms with van der Waals surface area (Å²) in [7, 11) is 3.67. The molecule has 1 N–H and O–H groups in total. The molecule has 2 rings (SSSR count). The standard InChI is InChI=1S/C16H23N3O2/c1-4-21-15-11-13(5-6-14(15)20-3)12-17-8-7-16-18-9-10-19(16)2/h5-6,9-11,17H,4,7-8,12H2,1-3H3. The minimum absolute atomic E-state index is 0.631. The molecule has 21 heavy (non-hydrogen) atoms. The van der Waals surface area contributed by atoms with E-state index in [1.807, 2.05) is 43.1 Å². The summed E-state index contributed by atoms with van der Waals surface area (Å²) in [6, 6.07) is 6.02. The number of benzene rings is 1. The highest BCUT2D eigenvalue weighted by atomic mass is 16.5. The van der Waals surface area contributed by atoms with E-state index in [4.69, 9.17) is 9.47 Å². The van der Waals surface area contributed by atoms with E-state index in [9.17, 15) is 0 Å². The smallest absolute Gasteiger partial charge is 0.161 e. The van der Waals surface area contributed by atoms with Gasteiger partial charge in [-0.15, -0.1) is 0 Å². The lowest BCUT2D eigenvalue weighted by Crippen LogP contribution is -2.18. The van der Waals surface area contributed by atoms with Gasteiger partial charge in [0.25, 0.3) is 0 Å².